The first kappa shape index (κ1) is 15.8. The van der Waals surface area contributed by atoms with Gasteiger partial charge in [-0.05, 0) is 42.0 Å². The first-order chi connectivity index (χ1) is 11.0. The summed E-state index contributed by atoms with van der Waals surface area (Å²) in [4.78, 5) is 23.0. The van der Waals surface area contributed by atoms with E-state index in [1.54, 1.807) is 18.2 Å². The van der Waals surface area contributed by atoms with Crippen molar-refractivity contribution in [1.29, 1.82) is 5.26 Å². The third kappa shape index (κ3) is 4.19. The van der Waals surface area contributed by atoms with Crippen molar-refractivity contribution in [3.8, 4) is 11.8 Å². The molecule has 3 N–H and O–H groups in total. The lowest BCUT2D eigenvalue weighted by molar-refractivity contribution is -0.112. The summed E-state index contributed by atoms with van der Waals surface area (Å²) in [5, 5.41) is 29.7. The number of nitrogens with one attached hydrogen (secondary N) is 1. The van der Waals surface area contributed by atoms with Crippen molar-refractivity contribution in [2.75, 3.05) is 5.32 Å². The van der Waals surface area contributed by atoms with E-state index >= 15 is 0 Å². The summed E-state index contributed by atoms with van der Waals surface area (Å²) in [7, 11) is 0. The molecular formula is C17H12N2O4. The lowest BCUT2D eigenvalue weighted by Crippen LogP contribution is -2.13. The molecule has 0 radical (unpaired) electrons. The Morgan fingerprint density at radius 3 is 2.43 bits per heavy atom. The molecule has 0 aliphatic rings. The molecule has 6 heteroatoms. The molecule has 0 aliphatic heterocycles. The molecule has 0 saturated heterocycles. The predicted molar refractivity (Wildman–Crippen MR) is 83.7 cm³/mol. The maximum Gasteiger partial charge on any atom is 0.335 e. The van der Waals surface area contributed by atoms with Crippen molar-refractivity contribution in [3.63, 3.8) is 0 Å². The van der Waals surface area contributed by atoms with Gasteiger partial charge in [0.05, 0.1) is 5.56 Å². The highest BCUT2D eigenvalue weighted by Gasteiger charge is 2.11. The molecule has 6 nitrogen and oxygen atoms in total. The number of rotatable bonds is 4. The minimum atomic E-state index is -1.11. The van der Waals surface area contributed by atoms with Crippen LogP contribution >= 0.6 is 0 Å². The number of nitrogens with zero attached hydrogens (tertiary/aromatic N) is 1. The van der Waals surface area contributed by atoms with Gasteiger partial charge in [0.1, 0.15) is 17.4 Å². The number of carbonyl (C=O) groups excluding carboxylic acids is 1. The summed E-state index contributed by atoms with van der Waals surface area (Å²) in [6.07, 6.45) is 1.37. The Morgan fingerprint density at radius 2 is 1.83 bits per heavy atom. The van der Waals surface area contributed by atoms with Crippen LogP contribution in [0.3, 0.4) is 0 Å². The molecule has 0 atom stereocenters. The van der Waals surface area contributed by atoms with E-state index in [4.69, 9.17) is 10.4 Å². The van der Waals surface area contributed by atoms with E-state index in [0.29, 0.717) is 5.56 Å². The van der Waals surface area contributed by atoms with Crippen molar-refractivity contribution in [1.82, 2.24) is 0 Å². The van der Waals surface area contributed by atoms with Crippen LogP contribution in [0.5, 0.6) is 5.75 Å². The van der Waals surface area contributed by atoms with Crippen molar-refractivity contribution in [3.05, 3.63) is 65.2 Å². The van der Waals surface area contributed by atoms with Gasteiger partial charge in [0, 0.05) is 5.69 Å². The van der Waals surface area contributed by atoms with Gasteiger partial charge in [-0.15, -0.1) is 0 Å². The molecular weight excluding hydrogens is 296 g/mol. The maximum atomic E-state index is 12.1. The summed E-state index contributed by atoms with van der Waals surface area (Å²) >= 11 is 0. The predicted octanol–water partition coefficient (Wildman–Crippen LogP) is 2.64. The van der Waals surface area contributed by atoms with Crippen molar-refractivity contribution in [2.24, 2.45) is 0 Å². The summed E-state index contributed by atoms with van der Waals surface area (Å²) < 4.78 is 0. The van der Waals surface area contributed by atoms with Crippen LogP contribution in [0.25, 0.3) is 6.08 Å². The van der Waals surface area contributed by atoms with E-state index < -0.39 is 11.9 Å². The number of aromatic carboxylic acids is 1. The molecule has 2 rings (SSSR count). The Labute approximate surface area is 131 Å². The highest BCUT2D eigenvalue weighted by molar-refractivity contribution is 6.10. The van der Waals surface area contributed by atoms with E-state index in [0.717, 1.165) is 0 Å². The van der Waals surface area contributed by atoms with Crippen LogP contribution in [-0.2, 0) is 4.79 Å². The third-order valence-corrected chi connectivity index (χ3v) is 2.94. The summed E-state index contributed by atoms with van der Waals surface area (Å²) in [5.41, 5.74) is 0.746. The van der Waals surface area contributed by atoms with Gasteiger partial charge in [0.25, 0.3) is 5.91 Å². The van der Waals surface area contributed by atoms with Crippen LogP contribution in [0.4, 0.5) is 5.69 Å². The molecule has 0 heterocycles. The second-order valence-corrected chi connectivity index (χ2v) is 4.60. The number of hydrogen-bond donors (Lipinski definition) is 3. The third-order valence-electron chi connectivity index (χ3n) is 2.94. The van der Waals surface area contributed by atoms with Gasteiger partial charge in [-0.3, -0.25) is 4.79 Å². The number of benzene rings is 2. The Hall–Kier alpha value is -3.59. The first-order valence-corrected chi connectivity index (χ1v) is 6.55. The number of carboxylic acids is 1. The van der Waals surface area contributed by atoms with Crippen LogP contribution in [0.15, 0.2) is 54.1 Å². The van der Waals surface area contributed by atoms with Gasteiger partial charge in [0.2, 0.25) is 0 Å². The Morgan fingerprint density at radius 1 is 1.13 bits per heavy atom. The number of phenolic OH excluding ortho intramolecular Hbond substituents is 1. The van der Waals surface area contributed by atoms with E-state index in [2.05, 4.69) is 5.32 Å². The number of carbonyl (C=O) groups is 2. The molecule has 0 aliphatic carbocycles. The van der Waals surface area contributed by atoms with Gasteiger partial charge in [-0.2, -0.15) is 5.26 Å². The molecule has 0 aromatic heterocycles. The highest BCUT2D eigenvalue weighted by Crippen LogP contribution is 2.15. The van der Waals surface area contributed by atoms with Crippen LogP contribution < -0.4 is 5.32 Å². The molecule has 2 aromatic carbocycles. The largest absolute Gasteiger partial charge is 0.508 e. The number of hydrogen-bond acceptors (Lipinski definition) is 4. The number of aromatic hydroxyl groups is 1. The SMILES string of the molecule is N#C/C(=C/c1ccc(O)cc1)C(=O)Nc1cccc(C(=O)O)c1. The normalized spacial score (nSPS) is 10.7. The number of phenols is 1. The quantitative estimate of drug-likeness (QED) is 0.594. The fourth-order valence-electron chi connectivity index (χ4n) is 1.81. The summed E-state index contributed by atoms with van der Waals surface area (Å²) in [6.45, 7) is 0. The van der Waals surface area contributed by atoms with Crippen molar-refractivity contribution in [2.45, 2.75) is 0 Å². The highest BCUT2D eigenvalue weighted by atomic mass is 16.4. The van der Waals surface area contributed by atoms with Gasteiger partial charge in [0.15, 0.2) is 0 Å². The topological polar surface area (TPSA) is 110 Å². The lowest BCUT2D eigenvalue weighted by Gasteiger charge is -2.05. The Balaban J connectivity index is 2.21. The fourth-order valence-corrected chi connectivity index (χ4v) is 1.81. The summed E-state index contributed by atoms with van der Waals surface area (Å²) in [5.74, 6) is -1.68. The molecule has 2 aromatic rings. The van der Waals surface area contributed by atoms with Crippen molar-refractivity contribution >= 4 is 23.6 Å². The number of amides is 1. The van der Waals surface area contributed by atoms with Crippen LogP contribution in [0, 0.1) is 11.3 Å². The van der Waals surface area contributed by atoms with E-state index in [-0.39, 0.29) is 22.6 Å². The Bertz CT molecular complexity index is 817. The Kier molecular flexibility index (Phi) is 4.75. The van der Waals surface area contributed by atoms with Gasteiger partial charge < -0.3 is 15.5 Å². The van der Waals surface area contributed by atoms with Crippen LogP contribution in [0.2, 0.25) is 0 Å². The first-order valence-electron chi connectivity index (χ1n) is 6.55. The molecule has 1 amide bonds. The number of carboxylic acid groups (broad SMARTS) is 1. The standard InChI is InChI=1S/C17H12N2O4/c18-10-13(8-11-4-6-15(20)7-5-11)16(21)19-14-3-1-2-12(9-14)17(22)23/h1-9,20H,(H,19,21)(H,22,23)/b13-8-. The zero-order chi connectivity index (χ0) is 16.8. The van der Waals surface area contributed by atoms with Crippen LogP contribution in [0.1, 0.15) is 15.9 Å². The van der Waals surface area contributed by atoms with Gasteiger partial charge >= 0.3 is 5.97 Å². The summed E-state index contributed by atoms with van der Waals surface area (Å²) in [6, 6.07) is 13.5. The van der Waals surface area contributed by atoms with E-state index in [1.165, 1.54) is 42.5 Å². The van der Waals surface area contributed by atoms with E-state index in [9.17, 15) is 14.7 Å². The average Bonchev–Trinajstić information content (AvgIpc) is 2.54. The minimum Gasteiger partial charge on any atom is -0.508 e. The van der Waals surface area contributed by atoms with Crippen LogP contribution in [-0.4, -0.2) is 22.1 Å². The second kappa shape index (κ2) is 6.91. The fraction of sp³-hybridized carbons (Fsp3) is 0. The van der Waals surface area contributed by atoms with E-state index in [1.807, 2.05) is 0 Å². The molecule has 0 spiro atoms. The molecule has 114 valence electrons. The molecule has 0 fully saturated rings. The maximum absolute atomic E-state index is 12.1. The minimum absolute atomic E-state index is 0.0313. The number of anilines is 1. The zero-order valence-corrected chi connectivity index (χ0v) is 11.9. The van der Waals surface area contributed by atoms with Crippen molar-refractivity contribution < 1.29 is 19.8 Å². The smallest absolute Gasteiger partial charge is 0.335 e. The average molecular weight is 308 g/mol. The van der Waals surface area contributed by atoms with Gasteiger partial charge in [-0.25, -0.2) is 4.79 Å². The lowest BCUT2D eigenvalue weighted by atomic mass is 10.1. The molecule has 23 heavy (non-hydrogen) atoms. The zero-order valence-electron chi connectivity index (χ0n) is 11.9. The molecule has 0 unspecified atom stereocenters. The number of nitriles is 1. The monoisotopic (exact) mass is 308 g/mol. The molecule has 0 bridgehead atoms. The molecule has 0 saturated carbocycles. The van der Waals surface area contributed by atoms with Gasteiger partial charge in [-0.1, -0.05) is 18.2 Å². The second-order valence-electron chi connectivity index (χ2n) is 4.60.